The van der Waals surface area contributed by atoms with Gasteiger partial charge < -0.3 is 21.7 Å². The molecule has 1 aromatic carbocycles. The summed E-state index contributed by atoms with van der Waals surface area (Å²) in [6.07, 6.45) is -0.510. The Hall–Kier alpha value is -1.71. The molecule has 0 aromatic heterocycles. The Balaban J connectivity index is 2.35. The van der Waals surface area contributed by atoms with Gasteiger partial charge in [-0.15, -0.1) is 0 Å². The highest BCUT2D eigenvalue weighted by Gasteiger charge is 2.24. The quantitative estimate of drug-likeness (QED) is 0.322. The largest absolute Gasteiger partial charge is 0.370 e. The second kappa shape index (κ2) is 4.19. The minimum Gasteiger partial charge on any atom is -0.370 e. The predicted molar refractivity (Wildman–Crippen MR) is 68.9 cm³/mol. The minimum absolute atomic E-state index is 0.0222. The zero-order valence-corrected chi connectivity index (χ0v) is 10.6. The number of halogens is 1. The zero-order valence-electron chi connectivity index (χ0n) is 8.99. The summed E-state index contributed by atoms with van der Waals surface area (Å²) in [5, 5.41) is 20.5. The van der Waals surface area contributed by atoms with Gasteiger partial charge in [0.2, 0.25) is 10.0 Å². The SMILES string of the molecule is N=C(N)NC1Nc2cc(Cl)c(S(N)(=O)=O)cc2N1. The van der Waals surface area contributed by atoms with E-state index in [2.05, 4.69) is 16.0 Å². The molecule has 98 valence electrons. The van der Waals surface area contributed by atoms with Gasteiger partial charge in [-0.3, -0.25) is 5.41 Å². The van der Waals surface area contributed by atoms with E-state index in [4.69, 9.17) is 27.9 Å². The number of benzene rings is 1. The highest BCUT2D eigenvalue weighted by atomic mass is 35.5. The van der Waals surface area contributed by atoms with Gasteiger partial charge in [0.1, 0.15) is 4.90 Å². The molecule has 1 aliphatic heterocycles. The average molecular weight is 291 g/mol. The third kappa shape index (κ3) is 2.42. The van der Waals surface area contributed by atoms with Crippen molar-refractivity contribution in [2.24, 2.45) is 10.9 Å². The van der Waals surface area contributed by atoms with Crippen LogP contribution in [0.4, 0.5) is 11.4 Å². The lowest BCUT2D eigenvalue weighted by molar-refractivity contribution is 0.598. The number of hydrogen-bond acceptors (Lipinski definition) is 5. The van der Waals surface area contributed by atoms with Crippen LogP contribution in [0.1, 0.15) is 0 Å². The molecule has 0 saturated heterocycles. The smallest absolute Gasteiger partial charge is 0.239 e. The molecule has 1 unspecified atom stereocenters. The van der Waals surface area contributed by atoms with E-state index < -0.39 is 16.3 Å². The lowest BCUT2D eigenvalue weighted by atomic mass is 10.3. The number of fused-ring (bicyclic) bond motifs is 1. The topological polar surface area (TPSA) is 146 Å². The van der Waals surface area contributed by atoms with Crippen LogP contribution in [0.3, 0.4) is 0 Å². The van der Waals surface area contributed by atoms with Crippen LogP contribution < -0.4 is 26.8 Å². The number of sulfonamides is 1. The third-order valence-corrected chi connectivity index (χ3v) is 3.65. The monoisotopic (exact) mass is 290 g/mol. The molecule has 8 nitrogen and oxygen atoms in total. The van der Waals surface area contributed by atoms with Gasteiger partial charge in [-0.25, -0.2) is 13.6 Å². The molecule has 1 atom stereocenters. The summed E-state index contributed by atoms with van der Waals surface area (Å²) in [4.78, 5) is -0.166. The maximum absolute atomic E-state index is 11.3. The molecule has 10 heteroatoms. The Morgan fingerprint density at radius 1 is 1.39 bits per heavy atom. The van der Waals surface area contributed by atoms with Crippen LogP contribution in [0.15, 0.2) is 17.0 Å². The molecular formula is C8H11ClN6O2S. The second-order valence-corrected chi connectivity index (χ2v) is 5.59. The number of nitrogens with one attached hydrogen (secondary N) is 4. The van der Waals surface area contributed by atoms with E-state index in [1.54, 1.807) is 0 Å². The van der Waals surface area contributed by atoms with Crippen molar-refractivity contribution in [3.63, 3.8) is 0 Å². The highest BCUT2D eigenvalue weighted by Crippen LogP contribution is 2.35. The van der Waals surface area contributed by atoms with Crippen molar-refractivity contribution in [3.05, 3.63) is 17.2 Å². The summed E-state index contributed by atoms with van der Waals surface area (Å²) in [5.74, 6) is -0.231. The van der Waals surface area contributed by atoms with Gasteiger partial charge in [0.25, 0.3) is 0 Å². The Morgan fingerprint density at radius 3 is 2.44 bits per heavy atom. The highest BCUT2D eigenvalue weighted by molar-refractivity contribution is 7.89. The van der Waals surface area contributed by atoms with Crippen molar-refractivity contribution in [2.45, 2.75) is 11.2 Å². The maximum Gasteiger partial charge on any atom is 0.239 e. The van der Waals surface area contributed by atoms with Crippen LogP contribution in [0.2, 0.25) is 5.02 Å². The van der Waals surface area contributed by atoms with Crippen molar-refractivity contribution < 1.29 is 8.42 Å². The van der Waals surface area contributed by atoms with Crippen LogP contribution in [0.5, 0.6) is 0 Å². The van der Waals surface area contributed by atoms with Gasteiger partial charge in [0.15, 0.2) is 12.2 Å². The van der Waals surface area contributed by atoms with Gasteiger partial charge in [-0.2, -0.15) is 0 Å². The van der Waals surface area contributed by atoms with Gasteiger partial charge in [-0.05, 0) is 12.1 Å². The molecule has 18 heavy (non-hydrogen) atoms. The standard InChI is InChI=1S/C8H11ClN6O2S/c9-3-1-4-5(2-6(3)18(12,16)17)14-8(13-4)15-7(10)11/h1-2,8,13-14H,(H4,10,11,15)(H2,12,16,17). The number of guanidine groups is 1. The van der Waals surface area contributed by atoms with Crippen LogP contribution in [-0.2, 0) is 10.0 Å². The molecule has 2 rings (SSSR count). The first-order valence-corrected chi connectivity index (χ1v) is 6.70. The zero-order chi connectivity index (χ0) is 13.5. The number of nitrogens with two attached hydrogens (primary N) is 2. The number of hydrogen-bond donors (Lipinski definition) is 6. The van der Waals surface area contributed by atoms with E-state index in [-0.39, 0.29) is 15.9 Å². The van der Waals surface area contributed by atoms with E-state index >= 15 is 0 Å². The Morgan fingerprint density at radius 2 is 1.94 bits per heavy atom. The number of anilines is 2. The number of rotatable bonds is 2. The summed E-state index contributed by atoms with van der Waals surface area (Å²) in [7, 11) is -3.88. The van der Waals surface area contributed by atoms with Crippen molar-refractivity contribution >= 4 is 39.0 Å². The van der Waals surface area contributed by atoms with Crippen LogP contribution in [0, 0.1) is 5.41 Å². The van der Waals surface area contributed by atoms with Gasteiger partial charge in [0, 0.05) is 0 Å². The summed E-state index contributed by atoms with van der Waals surface area (Å²) >= 11 is 5.83. The Kier molecular flexibility index (Phi) is 2.97. The first-order chi connectivity index (χ1) is 8.27. The molecule has 8 N–H and O–H groups in total. The summed E-state index contributed by atoms with van der Waals surface area (Å²) in [6.45, 7) is 0. The molecule has 0 amide bonds. The molecule has 1 aliphatic rings. The summed E-state index contributed by atoms with van der Waals surface area (Å²) < 4.78 is 22.6. The normalized spacial score (nSPS) is 17.6. The molecule has 1 heterocycles. The van der Waals surface area contributed by atoms with E-state index in [1.807, 2.05) is 0 Å². The fraction of sp³-hybridized carbons (Fsp3) is 0.125. The molecule has 1 aromatic rings. The lowest BCUT2D eigenvalue weighted by Gasteiger charge is -2.13. The summed E-state index contributed by atoms with van der Waals surface area (Å²) in [5.41, 5.74) is 6.28. The maximum atomic E-state index is 11.3. The van der Waals surface area contributed by atoms with Crippen molar-refractivity contribution in [1.29, 1.82) is 5.41 Å². The molecule has 0 fully saturated rings. The van der Waals surface area contributed by atoms with E-state index in [0.717, 1.165) is 0 Å². The van der Waals surface area contributed by atoms with Crippen molar-refractivity contribution in [3.8, 4) is 0 Å². The molecule has 0 radical (unpaired) electrons. The third-order valence-electron chi connectivity index (χ3n) is 2.28. The van der Waals surface area contributed by atoms with Crippen molar-refractivity contribution in [2.75, 3.05) is 10.6 Å². The molecular weight excluding hydrogens is 280 g/mol. The second-order valence-electron chi connectivity index (χ2n) is 3.65. The first-order valence-electron chi connectivity index (χ1n) is 4.77. The van der Waals surface area contributed by atoms with Gasteiger partial charge >= 0.3 is 0 Å². The predicted octanol–water partition coefficient (Wildman–Crippen LogP) is -0.409. The van der Waals surface area contributed by atoms with Gasteiger partial charge in [0.05, 0.1) is 16.4 Å². The number of primary sulfonamides is 1. The van der Waals surface area contributed by atoms with Crippen LogP contribution >= 0.6 is 11.6 Å². The average Bonchev–Trinajstić information content (AvgIpc) is 2.54. The molecule has 0 bridgehead atoms. The van der Waals surface area contributed by atoms with E-state index in [1.165, 1.54) is 12.1 Å². The van der Waals surface area contributed by atoms with E-state index in [9.17, 15) is 8.42 Å². The molecule has 0 aliphatic carbocycles. The van der Waals surface area contributed by atoms with Crippen LogP contribution in [0.25, 0.3) is 0 Å². The lowest BCUT2D eigenvalue weighted by Crippen LogP contribution is -2.45. The first kappa shape index (κ1) is 12.7. The molecule has 0 spiro atoms. The van der Waals surface area contributed by atoms with Crippen molar-refractivity contribution in [1.82, 2.24) is 5.32 Å². The fourth-order valence-electron chi connectivity index (χ4n) is 1.59. The van der Waals surface area contributed by atoms with Crippen LogP contribution in [-0.4, -0.2) is 20.7 Å². The minimum atomic E-state index is -3.88. The summed E-state index contributed by atoms with van der Waals surface area (Å²) in [6, 6.07) is 2.76. The Bertz CT molecular complexity index is 616. The fourth-order valence-corrected chi connectivity index (χ4v) is 2.68. The van der Waals surface area contributed by atoms with Gasteiger partial charge in [-0.1, -0.05) is 11.6 Å². The Labute approximate surface area is 108 Å². The van der Waals surface area contributed by atoms with E-state index in [0.29, 0.717) is 11.4 Å². The molecule has 0 saturated carbocycles.